The van der Waals surface area contributed by atoms with Gasteiger partial charge in [0.15, 0.2) is 0 Å². The van der Waals surface area contributed by atoms with Gasteiger partial charge in [0.1, 0.15) is 17.1 Å². The fraction of sp³-hybridized carbons (Fsp3) is 0.150. The third kappa shape index (κ3) is 3.73. The van der Waals surface area contributed by atoms with E-state index in [0.29, 0.717) is 0 Å². The fourth-order valence-electron chi connectivity index (χ4n) is 2.78. The topological polar surface area (TPSA) is 101 Å². The van der Waals surface area contributed by atoms with Gasteiger partial charge in [-0.25, -0.2) is 13.2 Å². The third-order valence-electron chi connectivity index (χ3n) is 4.20. The van der Waals surface area contributed by atoms with Gasteiger partial charge in [-0.1, -0.05) is 37.3 Å². The van der Waals surface area contributed by atoms with Gasteiger partial charge < -0.3 is 14.9 Å². The van der Waals surface area contributed by atoms with Crippen molar-refractivity contribution < 1.29 is 28.2 Å². The quantitative estimate of drug-likeness (QED) is 0.668. The minimum Gasteiger partial charge on any atom is -0.507 e. The molecule has 0 aliphatic heterocycles. The van der Waals surface area contributed by atoms with Crippen molar-refractivity contribution in [2.24, 2.45) is 0 Å². The summed E-state index contributed by atoms with van der Waals surface area (Å²) < 4.78 is 31.5. The summed E-state index contributed by atoms with van der Waals surface area (Å²) in [5.41, 5.74) is -1.46. The summed E-state index contributed by atoms with van der Waals surface area (Å²) in [6.45, 7) is 1.68. The number of ether oxygens (including phenoxy) is 1. The smallest absolute Gasteiger partial charge is 0.339 e. The lowest BCUT2D eigenvalue weighted by atomic mass is 10.1. The number of rotatable bonds is 6. The molecule has 0 saturated heterocycles. The number of fused-ring (bicyclic) bond motifs is 1. The lowest BCUT2D eigenvalue weighted by Crippen LogP contribution is -2.27. The third-order valence-corrected chi connectivity index (χ3v) is 6.23. The van der Waals surface area contributed by atoms with E-state index < -0.39 is 27.0 Å². The molecule has 0 bridgehead atoms. The Balaban J connectivity index is 1.93. The van der Waals surface area contributed by atoms with Crippen molar-refractivity contribution in [2.45, 2.75) is 23.7 Å². The van der Waals surface area contributed by atoms with Gasteiger partial charge in [-0.3, -0.25) is 0 Å². The molecular formula is C20H18O6S. The number of aromatic hydroxyl groups is 1. The number of benzene rings is 3. The Morgan fingerprint density at radius 2 is 1.74 bits per heavy atom. The fourth-order valence-corrected chi connectivity index (χ4v) is 4.31. The molecule has 3 aromatic carbocycles. The molecule has 0 aliphatic carbocycles. The van der Waals surface area contributed by atoms with E-state index in [9.17, 15) is 18.3 Å². The Morgan fingerprint density at radius 1 is 1.04 bits per heavy atom. The van der Waals surface area contributed by atoms with E-state index >= 15 is 0 Å². The molecule has 0 amide bonds. The lowest BCUT2D eigenvalue weighted by Gasteiger charge is -2.19. The average Bonchev–Trinajstić information content (AvgIpc) is 2.65. The highest BCUT2D eigenvalue weighted by molar-refractivity contribution is 7.92. The first-order valence-corrected chi connectivity index (χ1v) is 9.83. The van der Waals surface area contributed by atoms with Crippen molar-refractivity contribution in [2.75, 3.05) is 0 Å². The monoisotopic (exact) mass is 386 g/mol. The van der Waals surface area contributed by atoms with Gasteiger partial charge in [-0.15, -0.1) is 0 Å². The molecule has 0 aromatic heterocycles. The Morgan fingerprint density at radius 3 is 2.37 bits per heavy atom. The number of aromatic carboxylic acids is 1. The van der Waals surface area contributed by atoms with Crippen LogP contribution < -0.4 is 4.74 Å². The molecule has 0 saturated carbocycles. The standard InChI is InChI=1S/C20H18O6S/c1-2-19(26-15-8-10-17(20(22)23)18(21)12-15)27(24,25)16-9-7-13-5-3-4-6-14(13)11-16/h3-12,19,21H,2H2,1H3,(H,22,23). The first kappa shape index (κ1) is 18.7. The Labute approximate surface area is 156 Å². The van der Waals surface area contributed by atoms with Crippen LogP contribution in [0.2, 0.25) is 0 Å². The van der Waals surface area contributed by atoms with Crippen LogP contribution in [0.3, 0.4) is 0 Å². The maximum Gasteiger partial charge on any atom is 0.339 e. The summed E-state index contributed by atoms with van der Waals surface area (Å²) in [5.74, 6) is -1.69. The van der Waals surface area contributed by atoms with Crippen LogP contribution in [0.1, 0.15) is 23.7 Å². The molecule has 6 nitrogen and oxygen atoms in total. The van der Waals surface area contributed by atoms with Gasteiger partial charge in [-0.05, 0) is 41.5 Å². The number of phenols is 1. The first-order valence-electron chi connectivity index (χ1n) is 8.28. The number of carboxylic acid groups (broad SMARTS) is 1. The highest BCUT2D eigenvalue weighted by Crippen LogP contribution is 2.28. The first-order chi connectivity index (χ1) is 12.8. The normalized spacial score (nSPS) is 12.6. The Hall–Kier alpha value is -3.06. The zero-order valence-corrected chi connectivity index (χ0v) is 15.3. The van der Waals surface area contributed by atoms with Crippen molar-refractivity contribution in [1.82, 2.24) is 0 Å². The highest BCUT2D eigenvalue weighted by Gasteiger charge is 2.28. The predicted octanol–water partition coefficient (Wildman–Crippen LogP) is 3.83. The maximum atomic E-state index is 13.0. The minimum absolute atomic E-state index is 0.0775. The lowest BCUT2D eigenvalue weighted by molar-refractivity contribution is 0.0693. The summed E-state index contributed by atoms with van der Waals surface area (Å²) in [6, 6.07) is 15.9. The number of hydrogen-bond acceptors (Lipinski definition) is 5. The van der Waals surface area contributed by atoms with E-state index in [2.05, 4.69) is 0 Å². The molecular weight excluding hydrogens is 368 g/mol. The highest BCUT2D eigenvalue weighted by atomic mass is 32.2. The van der Waals surface area contributed by atoms with Crippen molar-refractivity contribution >= 4 is 26.6 Å². The molecule has 0 radical (unpaired) electrons. The zero-order chi connectivity index (χ0) is 19.6. The van der Waals surface area contributed by atoms with Gasteiger partial charge in [0.2, 0.25) is 15.3 Å². The van der Waals surface area contributed by atoms with Crippen molar-refractivity contribution in [3.63, 3.8) is 0 Å². The van der Waals surface area contributed by atoms with E-state index in [1.807, 2.05) is 24.3 Å². The van der Waals surface area contributed by atoms with Crippen LogP contribution >= 0.6 is 0 Å². The molecule has 2 N–H and O–H groups in total. The van der Waals surface area contributed by atoms with Gasteiger partial charge in [-0.2, -0.15) is 0 Å². The molecule has 140 valence electrons. The average molecular weight is 386 g/mol. The van der Waals surface area contributed by atoms with E-state index in [-0.39, 0.29) is 22.6 Å². The van der Waals surface area contributed by atoms with Crippen molar-refractivity contribution in [3.05, 3.63) is 66.2 Å². The van der Waals surface area contributed by atoms with Gasteiger partial charge in [0.25, 0.3) is 0 Å². The Bertz CT molecular complexity index is 1100. The molecule has 7 heteroatoms. The van der Waals surface area contributed by atoms with E-state index in [1.54, 1.807) is 19.1 Å². The van der Waals surface area contributed by atoms with E-state index in [4.69, 9.17) is 9.84 Å². The molecule has 1 unspecified atom stereocenters. The summed E-state index contributed by atoms with van der Waals surface area (Å²) in [7, 11) is -3.80. The van der Waals surface area contributed by atoms with Crippen LogP contribution in [-0.4, -0.2) is 30.0 Å². The summed E-state index contributed by atoms with van der Waals surface area (Å²) in [4.78, 5) is 11.1. The maximum absolute atomic E-state index is 13.0. The SMILES string of the molecule is CCC(Oc1ccc(C(=O)O)c(O)c1)S(=O)(=O)c1ccc2ccccc2c1. The van der Waals surface area contributed by atoms with Crippen LogP contribution in [0.5, 0.6) is 11.5 Å². The number of carbonyl (C=O) groups is 1. The zero-order valence-electron chi connectivity index (χ0n) is 14.5. The second-order valence-electron chi connectivity index (χ2n) is 5.99. The molecule has 1 atom stereocenters. The van der Waals surface area contributed by atoms with Gasteiger partial charge in [0.05, 0.1) is 4.90 Å². The summed E-state index contributed by atoms with van der Waals surface area (Å²) in [6.07, 6.45) is 0.177. The summed E-state index contributed by atoms with van der Waals surface area (Å²) >= 11 is 0. The Kier molecular flexibility index (Phi) is 5.05. The second kappa shape index (κ2) is 7.28. The van der Waals surface area contributed by atoms with Gasteiger partial charge in [0, 0.05) is 6.07 Å². The van der Waals surface area contributed by atoms with E-state index in [1.165, 1.54) is 18.2 Å². The van der Waals surface area contributed by atoms with Gasteiger partial charge >= 0.3 is 5.97 Å². The molecule has 0 fully saturated rings. The largest absolute Gasteiger partial charge is 0.507 e. The van der Waals surface area contributed by atoms with Crippen LogP contribution in [0.15, 0.2) is 65.6 Å². The minimum atomic E-state index is -3.80. The van der Waals surface area contributed by atoms with Crippen LogP contribution in [0.25, 0.3) is 10.8 Å². The van der Waals surface area contributed by atoms with Crippen LogP contribution in [0, 0.1) is 0 Å². The second-order valence-corrected chi connectivity index (χ2v) is 8.08. The van der Waals surface area contributed by atoms with Crippen LogP contribution in [0.4, 0.5) is 0 Å². The molecule has 0 aliphatic rings. The predicted molar refractivity (Wildman–Crippen MR) is 101 cm³/mol. The number of carboxylic acids is 1. The molecule has 3 rings (SSSR count). The number of hydrogen-bond donors (Lipinski definition) is 2. The molecule has 0 spiro atoms. The van der Waals surface area contributed by atoms with E-state index in [0.717, 1.165) is 16.8 Å². The molecule has 27 heavy (non-hydrogen) atoms. The van der Waals surface area contributed by atoms with Crippen molar-refractivity contribution in [3.8, 4) is 11.5 Å². The summed E-state index contributed by atoms with van der Waals surface area (Å²) in [5, 5.41) is 20.5. The molecule has 3 aromatic rings. The number of sulfone groups is 1. The van der Waals surface area contributed by atoms with Crippen LogP contribution in [-0.2, 0) is 9.84 Å². The van der Waals surface area contributed by atoms with Crippen molar-refractivity contribution in [1.29, 1.82) is 0 Å². The molecule has 0 heterocycles.